The van der Waals surface area contributed by atoms with Gasteiger partial charge >= 0.3 is 11.8 Å². The van der Waals surface area contributed by atoms with Crippen LogP contribution in [-0.4, -0.2) is 54.5 Å². The van der Waals surface area contributed by atoms with Crippen molar-refractivity contribution in [3.8, 4) is 5.75 Å². The van der Waals surface area contributed by atoms with E-state index < -0.39 is 47.9 Å². The van der Waals surface area contributed by atoms with E-state index in [1.54, 1.807) is 27.7 Å². The first-order chi connectivity index (χ1) is 15.4. The van der Waals surface area contributed by atoms with Gasteiger partial charge in [-0.15, -0.1) is 11.8 Å². The fraction of sp³-hybridized carbons (Fsp3) is 0.667. The average molecular weight is 495 g/mol. The number of alkyl halides is 3. The summed E-state index contributed by atoms with van der Waals surface area (Å²) in [5.74, 6) is -1.54. The van der Waals surface area contributed by atoms with Crippen molar-refractivity contribution >= 4 is 22.7 Å². The summed E-state index contributed by atoms with van der Waals surface area (Å²) in [4.78, 5) is 29.5. The third-order valence-corrected chi connectivity index (χ3v) is 6.36. The molecule has 0 spiro atoms. The summed E-state index contributed by atoms with van der Waals surface area (Å²) in [6, 6.07) is 1.12. The van der Waals surface area contributed by atoms with Gasteiger partial charge in [0, 0.05) is 31.5 Å². The highest BCUT2D eigenvalue weighted by Gasteiger charge is 2.45. The van der Waals surface area contributed by atoms with Crippen molar-refractivity contribution in [3.05, 3.63) is 28.3 Å². The molecule has 1 aromatic rings. The molecule has 0 saturated heterocycles. The Morgan fingerprint density at radius 1 is 1.30 bits per heavy atom. The van der Waals surface area contributed by atoms with E-state index in [1.807, 2.05) is 0 Å². The number of nitrogens with zero attached hydrogens (tertiary/aromatic N) is 1. The van der Waals surface area contributed by atoms with E-state index in [2.05, 4.69) is 10.3 Å². The molecule has 1 aromatic heterocycles. The molecule has 0 saturated carbocycles. The topological polar surface area (TPSA) is 99.4 Å². The summed E-state index contributed by atoms with van der Waals surface area (Å²) in [5, 5.41) is 3.04. The number of carbonyl (C=O) groups excluding carboxylic acids is 1. The Balaban J connectivity index is 2.32. The van der Waals surface area contributed by atoms with Crippen molar-refractivity contribution in [1.29, 1.82) is 0 Å². The highest BCUT2D eigenvalue weighted by Crippen LogP contribution is 2.36. The molecular formula is C21H29F3N2O6S. The molecule has 2 rings (SSSR count). The maximum atomic E-state index is 13.2. The quantitative estimate of drug-likeness (QED) is 0.467. The number of rotatable bonds is 11. The third kappa shape index (κ3) is 7.21. The largest absolute Gasteiger partial charge is 0.496 e. The normalized spacial score (nSPS) is 19.8. The van der Waals surface area contributed by atoms with E-state index in [-0.39, 0.29) is 17.3 Å². The standard InChI is InChI=1S/C21H29F3N2O6S/c1-6-30-20(4,31-7-2)18-26-19(3,12-33-18)17(28)25-14(8-9-21(22,23)24)15-10-13(29-5)11-16(27)32-15/h10-11,14H,6-9,12H2,1-5H3,(H,25,28)/t14-,19-/m0/s1. The molecule has 12 heteroatoms. The Morgan fingerprint density at radius 3 is 2.48 bits per heavy atom. The number of methoxy groups -OCH3 is 1. The monoisotopic (exact) mass is 494 g/mol. The maximum absolute atomic E-state index is 13.2. The van der Waals surface area contributed by atoms with Gasteiger partial charge in [-0.1, -0.05) is 0 Å². The lowest BCUT2D eigenvalue weighted by atomic mass is 10.0. The number of carbonyl (C=O) groups is 1. The van der Waals surface area contributed by atoms with Crippen LogP contribution in [0.5, 0.6) is 5.75 Å². The number of thioether (sulfide) groups is 1. The van der Waals surface area contributed by atoms with Crippen LogP contribution in [-0.2, 0) is 14.3 Å². The molecule has 8 nitrogen and oxygen atoms in total. The van der Waals surface area contributed by atoms with Crippen molar-refractivity contribution in [2.45, 2.75) is 64.1 Å². The van der Waals surface area contributed by atoms with Gasteiger partial charge in [0.25, 0.3) is 0 Å². The van der Waals surface area contributed by atoms with Gasteiger partial charge in [0.1, 0.15) is 22.1 Å². The van der Waals surface area contributed by atoms with Crippen LogP contribution < -0.4 is 15.7 Å². The average Bonchev–Trinajstić information content (AvgIpc) is 3.14. The minimum Gasteiger partial charge on any atom is -0.496 e. The van der Waals surface area contributed by atoms with Crippen molar-refractivity contribution in [2.75, 3.05) is 26.1 Å². The van der Waals surface area contributed by atoms with Gasteiger partial charge in [-0.05, 0) is 34.1 Å². The first kappa shape index (κ1) is 27.2. The predicted molar refractivity (Wildman–Crippen MR) is 118 cm³/mol. The molecule has 1 N–H and O–H groups in total. The lowest BCUT2D eigenvalue weighted by Gasteiger charge is -2.28. The minimum atomic E-state index is -4.46. The lowest BCUT2D eigenvalue weighted by Crippen LogP contribution is -2.46. The second kappa shape index (κ2) is 10.9. The van der Waals surface area contributed by atoms with Gasteiger partial charge in [0.15, 0.2) is 0 Å². The second-order valence-electron chi connectivity index (χ2n) is 7.69. The Bertz CT molecular complexity index is 914. The summed E-state index contributed by atoms with van der Waals surface area (Å²) in [6.07, 6.45) is -6.18. The molecule has 2 atom stereocenters. The fourth-order valence-corrected chi connectivity index (χ4v) is 4.49. The first-order valence-corrected chi connectivity index (χ1v) is 11.4. The van der Waals surface area contributed by atoms with E-state index in [0.717, 1.165) is 6.07 Å². The van der Waals surface area contributed by atoms with Gasteiger partial charge in [0.05, 0.1) is 19.2 Å². The molecule has 1 aliphatic rings. The molecule has 1 amide bonds. The molecular weight excluding hydrogens is 465 g/mol. The molecule has 0 unspecified atom stereocenters. The molecule has 2 heterocycles. The van der Waals surface area contributed by atoms with Crippen LogP contribution in [0.25, 0.3) is 0 Å². The Labute approximate surface area is 194 Å². The van der Waals surface area contributed by atoms with E-state index in [1.165, 1.54) is 24.9 Å². The highest BCUT2D eigenvalue weighted by molar-refractivity contribution is 8.14. The maximum Gasteiger partial charge on any atom is 0.389 e. The van der Waals surface area contributed by atoms with Gasteiger partial charge in [-0.3, -0.25) is 9.79 Å². The van der Waals surface area contributed by atoms with E-state index in [0.29, 0.717) is 18.3 Å². The summed E-state index contributed by atoms with van der Waals surface area (Å²) >= 11 is 1.28. The number of hydrogen-bond donors (Lipinski definition) is 1. The number of nitrogens with one attached hydrogen (secondary N) is 1. The van der Waals surface area contributed by atoms with Crippen LogP contribution >= 0.6 is 11.8 Å². The fourth-order valence-electron chi connectivity index (χ4n) is 3.23. The molecule has 33 heavy (non-hydrogen) atoms. The van der Waals surface area contributed by atoms with Crippen LogP contribution in [0.1, 0.15) is 52.3 Å². The predicted octanol–water partition coefficient (Wildman–Crippen LogP) is 3.84. The summed E-state index contributed by atoms with van der Waals surface area (Å²) in [5.41, 5.74) is -2.09. The molecule has 0 radical (unpaired) electrons. The molecule has 0 fully saturated rings. The Morgan fingerprint density at radius 2 is 1.94 bits per heavy atom. The second-order valence-corrected chi connectivity index (χ2v) is 8.65. The smallest absolute Gasteiger partial charge is 0.389 e. The molecule has 0 aromatic carbocycles. The molecule has 186 valence electrons. The lowest BCUT2D eigenvalue weighted by molar-refractivity contribution is -0.169. The van der Waals surface area contributed by atoms with Crippen LogP contribution in [0.2, 0.25) is 0 Å². The summed E-state index contributed by atoms with van der Waals surface area (Å²) < 4.78 is 60.2. The zero-order valence-electron chi connectivity index (χ0n) is 19.2. The first-order valence-electron chi connectivity index (χ1n) is 10.4. The van der Waals surface area contributed by atoms with E-state index in [9.17, 15) is 22.8 Å². The summed E-state index contributed by atoms with van der Waals surface area (Å²) in [7, 11) is 1.31. The third-order valence-electron chi connectivity index (χ3n) is 4.92. The van der Waals surface area contributed by atoms with E-state index >= 15 is 0 Å². The number of ether oxygens (including phenoxy) is 3. The van der Waals surface area contributed by atoms with Gasteiger partial charge in [-0.25, -0.2) is 4.79 Å². The van der Waals surface area contributed by atoms with Gasteiger partial charge in [-0.2, -0.15) is 13.2 Å². The van der Waals surface area contributed by atoms with Crippen molar-refractivity contribution in [1.82, 2.24) is 5.32 Å². The molecule has 1 aliphatic heterocycles. The van der Waals surface area contributed by atoms with Gasteiger partial charge in [0.2, 0.25) is 11.7 Å². The Hall–Kier alpha value is -2.05. The van der Waals surface area contributed by atoms with Crippen LogP contribution in [0, 0.1) is 0 Å². The number of hydrogen-bond acceptors (Lipinski definition) is 8. The zero-order chi connectivity index (χ0) is 24.9. The van der Waals surface area contributed by atoms with Crippen molar-refractivity contribution in [2.24, 2.45) is 4.99 Å². The SMILES string of the molecule is CCOC(C)(OCC)C1=N[C@](C)(C(=O)N[C@@H](CCC(F)(F)F)c2cc(OC)cc(=O)o2)CS1. The molecule has 0 aliphatic carbocycles. The Kier molecular flexibility index (Phi) is 9.00. The minimum absolute atomic E-state index is 0.111. The number of amides is 1. The zero-order valence-corrected chi connectivity index (χ0v) is 20.0. The van der Waals surface area contributed by atoms with Crippen LogP contribution in [0.4, 0.5) is 13.2 Å². The highest BCUT2D eigenvalue weighted by atomic mass is 32.2. The van der Waals surface area contributed by atoms with Crippen molar-refractivity contribution < 1.29 is 36.6 Å². The van der Waals surface area contributed by atoms with Crippen LogP contribution in [0.15, 0.2) is 26.3 Å². The van der Waals surface area contributed by atoms with E-state index in [4.69, 9.17) is 18.6 Å². The summed E-state index contributed by atoms with van der Waals surface area (Å²) in [6.45, 7) is 7.59. The molecule has 0 bridgehead atoms. The number of halogens is 3. The van der Waals surface area contributed by atoms with Crippen LogP contribution in [0.3, 0.4) is 0 Å². The van der Waals surface area contributed by atoms with Crippen molar-refractivity contribution in [3.63, 3.8) is 0 Å². The number of aliphatic imine (C=N–C) groups is 1. The van der Waals surface area contributed by atoms with Gasteiger partial charge < -0.3 is 23.9 Å².